The Bertz CT molecular complexity index is 655. The highest BCUT2D eigenvalue weighted by atomic mass is 19.4. The average Bonchev–Trinajstić information content (AvgIpc) is 2.45. The summed E-state index contributed by atoms with van der Waals surface area (Å²) in [5.41, 5.74) is 3.57. The average molecular weight is 323 g/mol. The highest BCUT2D eigenvalue weighted by molar-refractivity contribution is 5.49. The van der Waals surface area contributed by atoms with Crippen molar-refractivity contribution in [1.29, 1.82) is 0 Å². The second-order valence-corrected chi connectivity index (χ2v) is 5.77. The Morgan fingerprint density at radius 2 is 1.61 bits per heavy atom. The summed E-state index contributed by atoms with van der Waals surface area (Å²) in [6.07, 6.45) is -7.01. The molecule has 5 heteroatoms. The molecule has 2 nitrogen and oxygen atoms in total. The zero-order chi connectivity index (χ0) is 17.0. The van der Waals surface area contributed by atoms with Gasteiger partial charge in [-0.05, 0) is 37.1 Å². The lowest BCUT2D eigenvalue weighted by atomic mass is 10.1. The van der Waals surface area contributed by atoms with E-state index in [1.54, 1.807) is 17.0 Å². The molecule has 2 rings (SSSR count). The number of benzene rings is 2. The van der Waals surface area contributed by atoms with Crippen molar-refractivity contribution in [3.63, 3.8) is 0 Å². The molecule has 0 aliphatic carbocycles. The molecule has 0 heterocycles. The molecule has 0 aliphatic rings. The molecule has 0 aromatic heterocycles. The Labute approximate surface area is 134 Å². The third-order valence-corrected chi connectivity index (χ3v) is 3.59. The van der Waals surface area contributed by atoms with Gasteiger partial charge in [0.2, 0.25) is 0 Å². The van der Waals surface area contributed by atoms with Crippen molar-refractivity contribution in [2.24, 2.45) is 0 Å². The molecular weight excluding hydrogens is 303 g/mol. The van der Waals surface area contributed by atoms with Crippen LogP contribution in [-0.4, -0.2) is 23.9 Å². The van der Waals surface area contributed by atoms with E-state index in [0.29, 0.717) is 12.2 Å². The molecule has 0 saturated carbocycles. The normalized spacial score (nSPS) is 13.0. The van der Waals surface area contributed by atoms with E-state index in [9.17, 15) is 18.3 Å². The SMILES string of the molecule is Cc1cccc(CN(CC(O)C(F)(F)F)c2cccc(C)c2)c1. The number of anilines is 1. The number of aryl methyl sites for hydroxylation is 2. The van der Waals surface area contributed by atoms with Crippen molar-refractivity contribution >= 4 is 5.69 Å². The van der Waals surface area contributed by atoms with E-state index < -0.39 is 18.8 Å². The van der Waals surface area contributed by atoms with Gasteiger partial charge in [0.05, 0.1) is 6.54 Å². The first kappa shape index (κ1) is 17.3. The van der Waals surface area contributed by atoms with Gasteiger partial charge in [-0.2, -0.15) is 13.2 Å². The van der Waals surface area contributed by atoms with Gasteiger partial charge in [0, 0.05) is 12.2 Å². The second kappa shape index (κ2) is 7.04. The van der Waals surface area contributed by atoms with Gasteiger partial charge in [-0.15, -0.1) is 0 Å². The van der Waals surface area contributed by atoms with Crippen LogP contribution in [0.1, 0.15) is 16.7 Å². The maximum absolute atomic E-state index is 12.7. The number of hydrogen-bond donors (Lipinski definition) is 1. The van der Waals surface area contributed by atoms with Crippen LogP contribution in [-0.2, 0) is 6.54 Å². The number of halogens is 3. The van der Waals surface area contributed by atoms with Crippen LogP contribution in [0.15, 0.2) is 48.5 Å². The van der Waals surface area contributed by atoms with Gasteiger partial charge in [0.25, 0.3) is 0 Å². The van der Waals surface area contributed by atoms with Crippen molar-refractivity contribution in [2.75, 3.05) is 11.4 Å². The van der Waals surface area contributed by atoms with Crippen molar-refractivity contribution < 1.29 is 18.3 Å². The zero-order valence-electron chi connectivity index (χ0n) is 13.1. The van der Waals surface area contributed by atoms with Crippen LogP contribution in [0.25, 0.3) is 0 Å². The molecule has 1 N–H and O–H groups in total. The lowest BCUT2D eigenvalue weighted by Gasteiger charge is -2.28. The standard InChI is InChI=1S/C18H20F3NO/c1-13-5-3-7-15(9-13)11-22(12-17(23)18(19,20)21)16-8-4-6-14(2)10-16/h3-10,17,23H,11-12H2,1-2H3. The van der Waals surface area contributed by atoms with Crippen molar-refractivity contribution in [3.8, 4) is 0 Å². The predicted molar refractivity (Wildman–Crippen MR) is 85.5 cm³/mol. The quantitative estimate of drug-likeness (QED) is 0.890. The monoisotopic (exact) mass is 323 g/mol. The van der Waals surface area contributed by atoms with E-state index in [1.165, 1.54) is 0 Å². The minimum atomic E-state index is -4.63. The summed E-state index contributed by atoms with van der Waals surface area (Å²) in [6.45, 7) is 3.62. The molecule has 0 bridgehead atoms. The summed E-state index contributed by atoms with van der Waals surface area (Å²) in [6, 6.07) is 14.9. The Morgan fingerprint density at radius 3 is 2.17 bits per heavy atom. The fourth-order valence-corrected chi connectivity index (χ4v) is 2.43. The molecule has 0 spiro atoms. The highest BCUT2D eigenvalue weighted by Crippen LogP contribution is 2.25. The van der Waals surface area contributed by atoms with E-state index in [-0.39, 0.29) is 0 Å². The van der Waals surface area contributed by atoms with E-state index >= 15 is 0 Å². The van der Waals surface area contributed by atoms with Gasteiger partial charge in [-0.3, -0.25) is 0 Å². The van der Waals surface area contributed by atoms with Gasteiger partial charge in [0.1, 0.15) is 0 Å². The summed E-state index contributed by atoms with van der Waals surface area (Å²) in [4.78, 5) is 1.56. The molecule has 0 saturated heterocycles. The lowest BCUT2D eigenvalue weighted by Crippen LogP contribution is -2.40. The van der Waals surface area contributed by atoms with Crippen LogP contribution in [0.5, 0.6) is 0 Å². The number of aliphatic hydroxyl groups is 1. The first-order valence-electron chi connectivity index (χ1n) is 7.37. The number of hydrogen-bond acceptors (Lipinski definition) is 2. The molecule has 0 fully saturated rings. The molecule has 124 valence electrons. The molecule has 23 heavy (non-hydrogen) atoms. The van der Waals surface area contributed by atoms with Gasteiger partial charge in [0.15, 0.2) is 6.10 Å². The molecule has 2 aromatic rings. The topological polar surface area (TPSA) is 23.5 Å². The fourth-order valence-electron chi connectivity index (χ4n) is 2.43. The maximum atomic E-state index is 12.7. The summed E-state index contributed by atoms with van der Waals surface area (Å²) in [7, 11) is 0. The first-order valence-corrected chi connectivity index (χ1v) is 7.37. The largest absolute Gasteiger partial charge is 0.416 e. The predicted octanol–water partition coefficient (Wildman–Crippen LogP) is 4.23. The van der Waals surface area contributed by atoms with Crippen LogP contribution in [0.3, 0.4) is 0 Å². The van der Waals surface area contributed by atoms with Crippen LogP contribution in [0.2, 0.25) is 0 Å². The molecule has 1 atom stereocenters. The minimum absolute atomic E-state index is 0.304. The van der Waals surface area contributed by atoms with Crippen molar-refractivity contribution in [1.82, 2.24) is 0 Å². The van der Waals surface area contributed by atoms with Gasteiger partial charge < -0.3 is 10.0 Å². The zero-order valence-corrected chi connectivity index (χ0v) is 13.1. The smallest absolute Gasteiger partial charge is 0.382 e. The van der Waals surface area contributed by atoms with Crippen LogP contribution in [0, 0.1) is 13.8 Å². The van der Waals surface area contributed by atoms with Crippen LogP contribution < -0.4 is 4.90 Å². The summed E-state index contributed by atoms with van der Waals surface area (Å²) < 4.78 is 38.2. The van der Waals surface area contributed by atoms with E-state index in [2.05, 4.69) is 0 Å². The van der Waals surface area contributed by atoms with E-state index in [1.807, 2.05) is 50.2 Å². The Morgan fingerprint density at radius 1 is 1.00 bits per heavy atom. The second-order valence-electron chi connectivity index (χ2n) is 5.77. The van der Waals surface area contributed by atoms with Crippen molar-refractivity contribution in [3.05, 3.63) is 65.2 Å². The van der Waals surface area contributed by atoms with Crippen molar-refractivity contribution in [2.45, 2.75) is 32.7 Å². The molecule has 0 aliphatic heterocycles. The molecule has 1 unspecified atom stereocenters. The van der Waals surface area contributed by atoms with Gasteiger partial charge in [-0.25, -0.2) is 0 Å². The van der Waals surface area contributed by atoms with Gasteiger partial charge >= 0.3 is 6.18 Å². The Balaban J connectivity index is 2.27. The summed E-state index contributed by atoms with van der Waals surface area (Å²) >= 11 is 0. The first-order chi connectivity index (χ1) is 10.8. The maximum Gasteiger partial charge on any atom is 0.416 e. The summed E-state index contributed by atoms with van der Waals surface area (Å²) in [5.74, 6) is 0. The third-order valence-electron chi connectivity index (χ3n) is 3.59. The van der Waals surface area contributed by atoms with E-state index in [4.69, 9.17) is 0 Å². The summed E-state index contributed by atoms with van der Waals surface area (Å²) in [5, 5.41) is 9.45. The van der Waals surface area contributed by atoms with Gasteiger partial charge in [-0.1, -0.05) is 42.0 Å². The molecule has 2 aromatic carbocycles. The third kappa shape index (κ3) is 4.99. The van der Waals surface area contributed by atoms with Crippen LogP contribution in [0.4, 0.5) is 18.9 Å². The van der Waals surface area contributed by atoms with Crippen LogP contribution >= 0.6 is 0 Å². The lowest BCUT2D eigenvalue weighted by molar-refractivity contribution is -0.200. The molecular formula is C18H20F3NO. The number of nitrogens with zero attached hydrogens (tertiary/aromatic N) is 1. The Kier molecular flexibility index (Phi) is 5.31. The highest BCUT2D eigenvalue weighted by Gasteiger charge is 2.39. The fraction of sp³-hybridized carbons (Fsp3) is 0.333. The van der Waals surface area contributed by atoms with E-state index in [0.717, 1.165) is 16.7 Å². The molecule has 0 radical (unpaired) electrons. The number of alkyl halides is 3. The number of aliphatic hydroxyl groups excluding tert-OH is 1. The Hall–Kier alpha value is -2.01. The minimum Gasteiger partial charge on any atom is -0.382 e. The molecule has 0 amide bonds. The number of rotatable bonds is 5.